The summed E-state index contributed by atoms with van der Waals surface area (Å²) in [5, 5.41) is 9.14. The van der Waals surface area contributed by atoms with Crippen molar-refractivity contribution in [3.8, 4) is 0 Å². The van der Waals surface area contributed by atoms with Crippen LogP contribution in [0.2, 0.25) is 0 Å². The minimum Gasteiger partial charge on any atom is -0.399 e. The lowest BCUT2D eigenvalue weighted by molar-refractivity contribution is 0.201. The molecule has 1 aromatic carbocycles. The van der Waals surface area contributed by atoms with Crippen LogP contribution >= 0.6 is 0 Å². The monoisotopic (exact) mass is 198 g/mol. The number of aliphatic hydroxyl groups excluding tert-OH is 1. The molecule has 3 N–H and O–H groups in total. The van der Waals surface area contributed by atoms with Gasteiger partial charge in [0.05, 0.1) is 11.8 Å². The Morgan fingerprint density at radius 3 is 2.71 bits per heavy atom. The Morgan fingerprint density at radius 1 is 1.57 bits per heavy atom. The number of likely N-dealkylation sites (N-methyl/N-ethyl adjacent to an activating group) is 1. The summed E-state index contributed by atoms with van der Waals surface area (Å²) in [5.41, 5.74) is 6.27. The van der Waals surface area contributed by atoms with E-state index in [1.54, 1.807) is 31.0 Å². The van der Waals surface area contributed by atoms with Crippen molar-refractivity contribution in [3.05, 3.63) is 24.0 Å². The van der Waals surface area contributed by atoms with Crippen molar-refractivity contribution in [1.82, 2.24) is 0 Å². The minimum absolute atomic E-state index is 0.367. The SMILES string of the molecule is CC(O)CN(C)c1ccc(N)cc1F. The van der Waals surface area contributed by atoms with Crippen LogP contribution < -0.4 is 10.6 Å². The van der Waals surface area contributed by atoms with Crippen molar-refractivity contribution in [3.63, 3.8) is 0 Å². The maximum atomic E-state index is 13.3. The van der Waals surface area contributed by atoms with Crippen LogP contribution in [0.4, 0.5) is 15.8 Å². The van der Waals surface area contributed by atoms with E-state index in [-0.39, 0.29) is 5.82 Å². The lowest BCUT2D eigenvalue weighted by Gasteiger charge is -2.21. The molecule has 0 aliphatic rings. The van der Waals surface area contributed by atoms with E-state index in [1.807, 2.05) is 0 Å². The first-order valence-electron chi connectivity index (χ1n) is 4.45. The van der Waals surface area contributed by atoms with Gasteiger partial charge in [-0.25, -0.2) is 4.39 Å². The van der Waals surface area contributed by atoms with Crippen LogP contribution in [0, 0.1) is 5.82 Å². The summed E-state index contributed by atoms with van der Waals surface area (Å²) in [4.78, 5) is 1.65. The van der Waals surface area contributed by atoms with E-state index in [4.69, 9.17) is 10.8 Å². The van der Waals surface area contributed by atoms with Gasteiger partial charge in [0, 0.05) is 19.3 Å². The number of nitrogen functional groups attached to an aromatic ring is 1. The number of aliphatic hydroxyl groups is 1. The number of hydrogen-bond acceptors (Lipinski definition) is 3. The van der Waals surface area contributed by atoms with E-state index >= 15 is 0 Å². The number of anilines is 2. The van der Waals surface area contributed by atoms with Gasteiger partial charge in [-0.3, -0.25) is 0 Å². The van der Waals surface area contributed by atoms with Gasteiger partial charge in [-0.05, 0) is 25.1 Å². The lowest BCUT2D eigenvalue weighted by atomic mass is 10.2. The molecule has 0 aliphatic carbocycles. The van der Waals surface area contributed by atoms with Gasteiger partial charge in [0.25, 0.3) is 0 Å². The Morgan fingerprint density at radius 2 is 2.21 bits per heavy atom. The number of hydrogen-bond donors (Lipinski definition) is 2. The zero-order valence-corrected chi connectivity index (χ0v) is 8.37. The molecule has 1 rings (SSSR count). The highest BCUT2D eigenvalue weighted by Crippen LogP contribution is 2.20. The summed E-state index contributed by atoms with van der Waals surface area (Å²) in [6, 6.07) is 4.51. The van der Waals surface area contributed by atoms with Crippen molar-refractivity contribution in [2.75, 3.05) is 24.2 Å². The molecule has 0 aliphatic heterocycles. The van der Waals surface area contributed by atoms with Gasteiger partial charge in [0.15, 0.2) is 0 Å². The van der Waals surface area contributed by atoms with Crippen LogP contribution in [0.3, 0.4) is 0 Å². The first-order chi connectivity index (χ1) is 6.50. The molecule has 3 nitrogen and oxygen atoms in total. The second kappa shape index (κ2) is 4.28. The summed E-state index contributed by atoms with van der Waals surface area (Å²) >= 11 is 0. The van der Waals surface area contributed by atoms with E-state index in [2.05, 4.69) is 0 Å². The Bertz CT molecular complexity index is 315. The molecule has 78 valence electrons. The third-order valence-electron chi connectivity index (χ3n) is 1.92. The minimum atomic E-state index is -0.489. The fourth-order valence-corrected chi connectivity index (χ4v) is 1.33. The van der Waals surface area contributed by atoms with Crippen LogP contribution in [-0.4, -0.2) is 24.8 Å². The highest BCUT2D eigenvalue weighted by Gasteiger charge is 2.09. The molecule has 0 saturated carbocycles. The highest BCUT2D eigenvalue weighted by molar-refractivity contribution is 5.54. The van der Waals surface area contributed by atoms with Gasteiger partial charge >= 0.3 is 0 Å². The molecule has 0 radical (unpaired) electrons. The molecule has 14 heavy (non-hydrogen) atoms. The summed E-state index contributed by atoms with van der Waals surface area (Å²) in [7, 11) is 1.72. The zero-order valence-electron chi connectivity index (χ0n) is 8.37. The molecule has 0 amide bonds. The quantitative estimate of drug-likeness (QED) is 0.718. The van der Waals surface area contributed by atoms with E-state index < -0.39 is 6.10 Å². The fourth-order valence-electron chi connectivity index (χ4n) is 1.33. The maximum Gasteiger partial charge on any atom is 0.148 e. The summed E-state index contributed by atoms with van der Waals surface area (Å²) in [6.45, 7) is 2.05. The second-order valence-electron chi connectivity index (χ2n) is 3.44. The summed E-state index contributed by atoms with van der Waals surface area (Å²) in [6.07, 6.45) is -0.489. The van der Waals surface area contributed by atoms with Crippen LogP contribution in [-0.2, 0) is 0 Å². The third-order valence-corrected chi connectivity index (χ3v) is 1.92. The van der Waals surface area contributed by atoms with Crippen LogP contribution in [0.25, 0.3) is 0 Å². The Hall–Kier alpha value is -1.29. The maximum absolute atomic E-state index is 13.3. The molecule has 0 spiro atoms. The molecule has 0 bridgehead atoms. The van der Waals surface area contributed by atoms with Gasteiger partial charge in [-0.2, -0.15) is 0 Å². The average Bonchev–Trinajstić information content (AvgIpc) is 2.01. The van der Waals surface area contributed by atoms with Crippen molar-refractivity contribution in [1.29, 1.82) is 0 Å². The molecule has 0 saturated heterocycles. The van der Waals surface area contributed by atoms with Crippen LogP contribution in [0.1, 0.15) is 6.92 Å². The highest BCUT2D eigenvalue weighted by atomic mass is 19.1. The van der Waals surface area contributed by atoms with E-state index in [0.717, 1.165) is 0 Å². The van der Waals surface area contributed by atoms with Crippen LogP contribution in [0.5, 0.6) is 0 Å². The topological polar surface area (TPSA) is 49.5 Å². The van der Waals surface area contributed by atoms with Gasteiger partial charge in [0.1, 0.15) is 5.82 Å². The van der Waals surface area contributed by atoms with E-state index in [0.29, 0.717) is 17.9 Å². The molecule has 1 unspecified atom stereocenters. The normalized spacial score (nSPS) is 12.6. The molecule has 0 heterocycles. The first-order valence-corrected chi connectivity index (χ1v) is 4.45. The predicted molar refractivity (Wildman–Crippen MR) is 55.8 cm³/mol. The lowest BCUT2D eigenvalue weighted by Crippen LogP contribution is -2.27. The molecule has 1 aromatic rings. The Kier molecular flexibility index (Phi) is 3.30. The first kappa shape index (κ1) is 10.8. The molecular weight excluding hydrogens is 183 g/mol. The van der Waals surface area contributed by atoms with Gasteiger partial charge in [-0.15, -0.1) is 0 Å². The fraction of sp³-hybridized carbons (Fsp3) is 0.400. The molecule has 0 aromatic heterocycles. The predicted octanol–water partition coefficient (Wildman–Crippen LogP) is 1.22. The largest absolute Gasteiger partial charge is 0.399 e. The van der Waals surface area contributed by atoms with Gasteiger partial charge in [0.2, 0.25) is 0 Å². The van der Waals surface area contributed by atoms with Crippen molar-refractivity contribution < 1.29 is 9.50 Å². The molecule has 4 heteroatoms. The summed E-state index contributed by atoms with van der Waals surface area (Å²) in [5.74, 6) is -0.367. The zero-order chi connectivity index (χ0) is 10.7. The third kappa shape index (κ3) is 2.60. The number of benzene rings is 1. The Balaban J connectivity index is 2.84. The number of halogens is 1. The second-order valence-corrected chi connectivity index (χ2v) is 3.44. The average molecular weight is 198 g/mol. The van der Waals surface area contributed by atoms with Crippen molar-refractivity contribution >= 4 is 11.4 Å². The van der Waals surface area contributed by atoms with Crippen LogP contribution in [0.15, 0.2) is 18.2 Å². The van der Waals surface area contributed by atoms with E-state index in [1.165, 1.54) is 6.07 Å². The Labute approximate surface area is 83.0 Å². The molecular formula is C10H15FN2O. The van der Waals surface area contributed by atoms with Gasteiger partial charge < -0.3 is 15.7 Å². The number of nitrogens with two attached hydrogens (primary N) is 1. The molecule has 0 fully saturated rings. The molecule has 1 atom stereocenters. The van der Waals surface area contributed by atoms with E-state index in [9.17, 15) is 4.39 Å². The standard InChI is InChI=1S/C10H15FN2O/c1-7(14)6-13(2)10-4-3-8(12)5-9(10)11/h3-5,7,14H,6,12H2,1-2H3. The smallest absolute Gasteiger partial charge is 0.148 e. The number of rotatable bonds is 3. The van der Waals surface area contributed by atoms with Gasteiger partial charge in [-0.1, -0.05) is 0 Å². The summed E-state index contributed by atoms with van der Waals surface area (Å²) < 4.78 is 13.3. The van der Waals surface area contributed by atoms with Crippen molar-refractivity contribution in [2.24, 2.45) is 0 Å². The number of nitrogens with zero attached hydrogens (tertiary/aromatic N) is 1. The van der Waals surface area contributed by atoms with Crippen molar-refractivity contribution in [2.45, 2.75) is 13.0 Å².